The molecule has 0 aliphatic carbocycles. The monoisotopic (exact) mass is 458 g/mol. The van der Waals surface area contributed by atoms with Gasteiger partial charge in [0.05, 0.1) is 21.1 Å². The van der Waals surface area contributed by atoms with Gasteiger partial charge in [0, 0.05) is 12.8 Å². The lowest BCUT2D eigenvalue weighted by Gasteiger charge is -2.34. The molecule has 0 aromatic rings. The molecule has 0 spiro atoms. The lowest BCUT2D eigenvalue weighted by Crippen LogP contribution is -2.51. The van der Waals surface area contributed by atoms with Crippen molar-refractivity contribution in [2.24, 2.45) is 0 Å². The molecule has 1 N–H and O–H groups in total. The van der Waals surface area contributed by atoms with Crippen molar-refractivity contribution < 1.29 is 19.2 Å². The number of hydrogen-bond acceptors (Lipinski definition) is 3. The number of likely N-dealkylation sites (N-methyl/N-ethyl adjacent to an activating group) is 1. The molecule has 0 aliphatic heterocycles. The third-order valence-corrected chi connectivity index (χ3v) is 7.15. The van der Waals surface area contributed by atoms with E-state index in [1.165, 1.54) is 70.6 Å². The zero-order valence-electron chi connectivity index (χ0n) is 21.4. The van der Waals surface area contributed by atoms with E-state index in [1.807, 2.05) is 28.1 Å². The number of ketones is 1. The van der Waals surface area contributed by atoms with Crippen LogP contribution in [0.3, 0.4) is 0 Å². The van der Waals surface area contributed by atoms with Gasteiger partial charge in [-0.15, -0.1) is 0 Å². The van der Waals surface area contributed by atoms with Crippen LogP contribution in [-0.2, 0) is 9.59 Å². The maximum Gasteiger partial charge on any atom is 0.194 e. The van der Waals surface area contributed by atoms with Gasteiger partial charge in [-0.1, -0.05) is 97.3 Å². The number of Topliss-reactive ketones (excluding diaryl/α,β-unsaturated/α-hetero) is 1. The molecular weight excluding hydrogens is 405 g/mol. The summed E-state index contributed by atoms with van der Waals surface area (Å²) in [6.45, 7) is 4.60. The molecule has 0 rings (SSSR count). The average Bonchev–Trinajstić information content (AvgIpc) is 2.68. The van der Waals surface area contributed by atoms with E-state index in [0.29, 0.717) is 23.9 Å². The van der Waals surface area contributed by atoms with E-state index in [0.717, 1.165) is 25.7 Å². The first-order chi connectivity index (χ1) is 14.6. The van der Waals surface area contributed by atoms with Crippen molar-refractivity contribution in [1.82, 2.24) is 0 Å². The molecule has 0 aliphatic rings. The lowest BCUT2D eigenvalue weighted by atomic mass is 10.0. The molecule has 31 heavy (non-hydrogen) atoms. The summed E-state index contributed by atoms with van der Waals surface area (Å²) in [5, 5.41) is 9.56. The summed E-state index contributed by atoms with van der Waals surface area (Å²) in [5.41, 5.74) is 0.0591. The highest BCUT2D eigenvalue weighted by molar-refractivity contribution is 7.60. The number of nitrogens with zero attached hydrogens (tertiary/aromatic N) is 1. The zero-order valence-corrected chi connectivity index (χ0v) is 22.4. The van der Waals surface area contributed by atoms with Gasteiger partial charge in [0.25, 0.3) is 0 Å². The van der Waals surface area contributed by atoms with Crippen LogP contribution in [0, 0.1) is 0 Å². The number of rotatable bonds is 22. The van der Waals surface area contributed by atoms with Gasteiger partial charge in [-0.2, -0.15) is 0 Å². The second-order valence-electron chi connectivity index (χ2n) is 10.4. The highest BCUT2D eigenvalue weighted by Crippen LogP contribution is 2.36. The molecule has 0 saturated heterocycles. The normalized spacial score (nSPS) is 14.3. The van der Waals surface area contributed by atoms with E-state index >= 15 is 0 Å². The van der Waals surface area contributed by atoms with Crippen molar-refractivity contribution in [1.29, 1.82) is 0 Å². The van der Waals surface area contributed by atoms with Gasteiger partial charge in [-0.05, 0) is 21.4 Å². The third-order valence-electron chi connectivity index (χ3n) is 5.78. The smallest absolute Gasteiger partial charge is 0.194 e. The predicted octanol–water partition coefficient (Wildman–Crippen LogP) is 6.83. The molecule has 5 heteroatoms. The maximum atomic E-state index is 12.6. The number of aliphatic hydroxyl groups is 1. The van der Waals surface area contributed by atoms with Crippen LogP contribution < -0.4 is 0 Å². The van der Waals surface area contributed by atoms with Gasteiger partial charge in [0.1, 0.15) is 6.54 Å². The van der Waals surface area contributed by atoms with Gasteiger partial charge in [-0.3, -0.25) is 9.59 Å². The van der Waals surface area contributed by atoms with Crippen LogP contribution in [0.1, 0.15) is 123 Å². The van der Waals surface area contributed by atoms with Crippen LogP contribution in [0.25, 0.3) is 0 Å². The standard InChI is InChI=1S/C26H53NO3P/c1-6-8-10-11-12-13-14-15-16-17-18-19-20-22-25(29)31-26(30,23-27(3,4)5)24(28)21-9-7-2/h30-31H,6-23H2,1-5H3/q+1. The molecule has 2 atom stereocenters. The maximum absolute atomic E-state index is 12.6. The Morgan fingerprint density at radius 1 is 0.677 bits per heavy atom. The summed E-state index contributed by atoms with van der Waals surface area (Å²) < 4.78 is 0.480. The Bertz CT molecular complexity index is 476. The van der Waals surface area contributed by atoms with Crippen molar-refractivity contribution in [3.05, 3.63) is 0 Å². The van der Waals surface area contributed by atoms with Crippen LogP contribution in [0.4, 0.5) is 0 Å². The van der Waals surface area contributed by atoms with Crippen molar-refractivity contribution in [3.63, 3.8) is 0 Å². The van der Waals surface area contributed by atoms with E-state index in [2.05, 4.69) is 6.92 Å². The van der Waals surface area contributed by atoms with E-state index in [-0.39, 0.29) is 19.9 Å². The molecule has 0 aromatic heterocycles. The Kier molecular flexibility index (Phi) is 18.0. The van der Waals surface area contributed by atoms with Crippen molar-refractivity contribution >= 4 is 19.9 Å². The van der Waals surface area contributed by atoms with Crippen LogP contribution in [-0.4, -0.2) is 53.9 Å². The molecule has 0 saturated carbocycles. The molecule has 0 fully saturated rings. The van der Waals surface area contributed by atoms with Crippen LogP contribution in [0.5, 0.6) is 0 Å². The number of carbonyl (C=O) groups is 2. The summed E-state index contributed by atoms with van der Waals surface area (Å²) in [7, 11) is 5.55. The Morgan fingerprint density at radius 3 is 1.52 bits per heavy atom. The Labute approximate surface area is 195 Å². The SMILES string of the molecule is CCCCCCCCCCCCCCCC(=O)PC(O)(C[N+](C)(C)C)C(=O)CCCC. The summed E-state index contributed by atoms with van der Waals surface area (Å²) >= 11 is 0. The highest BCUT2D eigenvalue weighted by Gasteiger charge is 2.42. The minimum Gasteiger partial charge on any atom is -0.373 e. The fourth-order valence-corrected chi connectivity index (χ4v) is 5.61. The van der Waals surface area contributed by atoms with E-state index in [4.69, 9.17) is 0 Å². The molecule has 0 radical (unpaired) electrons. The molecule has 0 aromatic carbocycles. The summed E-state index contributed by atoms with van der Waals surface area (Å²) in [4.78, 5) is 25.1. The molecular formula is C26H53NO3P+. The molecule has 184 valence electrons. The first-order valence-electron chi connectivity index (χ1n) is 13.0. The molecule has 0 amide bonds. The Balaban J connectivity index is 3.99. The fourth-order valence-electron chi connectivity index (χ4n) is 4.02. The second kappa shape index (κ2) is 18.2. The first kappa shape index (κ1) is 30.7. The number of unbranched alkanes of at least 4 members (excludes halogenated alkanes) is 13. The van der Waals surface area contributed by atoms with Crippen LogP contribution in [0.2, 0.25) is 0 Å². The van der Waals surface area contributed by atoms with Gasteiger partial charge < -0.3 is 9.59 Å². The van der Waals surface area contributed by atoms with E-state index < -0.39 is 5.34 Å². The summed E-state index contributed by atoms with van der Waals surface area (Å²) in [5.74, 6) is -0.153. The lowest BCUT2D eigenvalue weighted by molar-refractivity contribution is -0.873. The van der Waals surface area contributed by atoms with Gasteiger partial charge in [-0.25, -0.2) is 0 Å². The molecule has 2 unspecified atom stereocenters. The second-order valence-corrected chi connectivity index (χ2v) is 12.0. The van der Waals surface area contributed by atoms with Crippen molar-refractivity contribution in [2.45, 2.75) is 128 Å². The predicted molar refractivity (Wildman–Crippen MR) is 136 cm³/mol. The van der Waals surface area contributed by atoms with E-state index in [1.54, 1.807) is 0 Å². The highest BCUT2D eigenvalue weighted by atomic mass is 31.1. The van der Waals surface area contributed by atoms with E-state index in [9.17, 15) is 14.7 Å². The first-order valence-corrected chi connectivity index (χ1v) is 14.0. The third kappa shape index (κ3) is 17.9. The number of hydrogen-bond donors (Lipinski definition) is 1. The van der Waals surface area contributed by atoms with Gasteiger partial charge in [0.2, 0.25) is 0 Å². The molecule has 4 nitrogen and oxygen atoms in total. The molecule has 0 heterocycles. The zero-order chi connectivity index (χ0) is 23.6. The van der Waals surface area contributed by atoms with Gasteiger partial charge in [0.15, 0.2) is 16.6 Å². The quantitative estimate of drug-likeness (QED) is 0.110. The summed E-state index contributed by atoms with van der Waals surface area (Å²) in [6, 6.07) is 0. The molecule has 0 bridgehead atoms. The van der Waals surface area contributed by atoms with Crippen LogP contribution in [0.15, 0.2) is 0 Å². The topological polar surface area (TPSA) is 54.4 Å². The van der Waals surface area contributed by atoms with Gasteiger partial charge >= 0.3 is 0 Å². The average molecular weight is 459 g/mol. The Hall–Kier alpha value is -0.310. The largest absolute Gasteiger partial charge is 0.373 e. The fraction of sp³-hybridized carbons (Fsp3) is 0.923. The van der Waals surface area contributed by atoms with Crippen LogP contribution >= 0.6 is 8.58 Å². The van der Waals surface area contributed by atoms with Crippen molar-refractivity contribution in [3.8, 4) is 0 Å². The number of quaternary nitrogens is 1. The minimum atomic E-state index is -1.49. The minimum absolute atomic E-state index is 0.0591. The number of carbonyl (C=O) groups excluding carboxylic acids is 2. The summed E-state index contributed by atoms with van der Waals surface area (Å²) in [6.07, 6.45) is 19.2. The van der Waals surface area contributed by atoms with Crippen molar-refractivity contribution in [2.75, 3.05) is 27.7 Å². The Morgan fingerprint density at radius 2 is 1.10 bits per heavy atom.